The SMILES string of the molecule is CCCCc1ccc2nc(C(C)C)cc(NC)c2c1. The van der Waals surface area contributed by atoms with Crippen molar-refractivity contribution in [1.82, 2.24) is 4.98 Å². The minimum Gasteiger partial charge on any atom is -0.388 e. The summed E-state index contributed by atoms with van der Waals surface area (Å²) >= 11 is 0. The Hall–Kier alpha value is -1.57. The van der Waals surface area contributed by atoms with E-state index in [-0.39, 0.29) is 0 Å². The maximum Gasteiger partial charge on any atom is 0.0726 e. The average Bonchev–Trinajstić information content (AvgIpc) is 2.43. The lowest BCUT2D eigenvalue weighted by Crippen LogP contribution is -1.99. The van der Waals surface area contributed by atoms with Crippen molar-refractivity contribution in [1.29, 1.82) is 0 Å². The van der Waals surface area contributed by atoms with E-state index in [1.54, 1.807) is 0 Å². The van der Waals surface area contributed by atoms with Gasteiger partial charge in [0.1, 0.15) is 0 Å². The standard InChI is InChI=1S/C17H24N2/c1-5-6-7-13-8-9-15-14(10-13)17(18-4)11-16(19-15)12(2)3/h8-12H,5-7H2,1-4H3,(H,18,19). The molecule has 2 rings (SSSR count). The zero-order valence-corrected chi connectivity index (χ0v) is 12.5. The third-order valence-corrected chi connectivity index (χ3v) is 3.57. The van der Waals surface area contributed by atoms with Crippen LogP contribution in [0.15, 0.2) is 24.3 Å². The van der Waals surface area contributed by atoms with Crippen LogP contribution < -0.4 is 5.32 Å². The summed E-state index contributed by atoms with van der Waals surface area (Å²) in [5, 5.41) is 4.55. The van der Waals surface area contributed by atoms with E-state index in [1.807, 2.05) is 7.05 Å². The summed E-state index contributed by atoms with van der Waals surface area (Å²) in [5.74, 6) is 0.455. The molecule has 0 aliphatic carbocycles. The van der Waals surface area contributed by atoms with E-state index in [0.29, 0.717) is 5.92 Å². The number of benzene rings is 1. The van der Waals surface area contributed by atoms with Gasteiger partial charge in [0.05, 0.1) is 5.52 Å². The molecule has 0 bridgehead atoms. The van der Waals surface area contributed by atoms with Gasteiger partial charge in [-0.1, -0.05) is 33.3 Å². The molecule has 0 amide bonds. The van der Waals surface area contributed by atoms with E-state index >= 15 is 0 Å². The van der Waals surface area contributed by atoms with Crippen molar-refractivity contribution in [2.45, 2.75) is 46.0 Å². The molecular weight excluding hydrogens is 232 g/mol. The fraction of sp³-hybridized carbons (Fsp3) is 0.471. The fourth-order valence-corrected chi connectivity index (χ4v) is 2.33. The van der Waals surface area contributed by atoms with E-state index in [2.05, 4.69) is 50.4 Å². The minimum absolute atomic E-state index is 0.455. The molecule has 19 heavy (non-hydrogen) atoms. The Balaban J connectivity index is 2.49. The Morgan fingerprint density at radius 2 is 2.00 bits per heavy atom. The molecule has 1 aromatic heterocycles. The van der Waals surface area contributed by atoms with Crippen LogP contribution in [0.4, 0.5) is 5.69 Å². The molecule has 0 saturated heterocycles. The Kier molecular flexibility index (Phi) is 4.41. The third kappa shape index (κ3) is 3.06. The number of rotatable bonds is 5. The number of nitrogens with zero attached hydrogens (tertiary/aromatic N) is 1. The average molecular weight is 256 g/mol. The van der Waals surface area contributed by atoms with E-state index in [1.165, 1.54) is 29.5 Å². The Bertz CT molecular complexity index is 558. The highest BCUT2D eigenvalue weighted by Crippen LogP contribution is 2.27. The van der Waals surface area contributed by atoms with Gasteiger partial charge in [-0.2, -0.15) is 0 Å². The van der Waals surface area contributed by atoms with Crippen LogP contribution in [0.5, 0.6) is 0 Å². The van der Waals surface area contributed by atoms with Gasteiger partial charge in [-0.25, -0.2) is 0 Å². The number of anilines is 1. The molecule has 2 heteroatoms. The molecule has 1 heterocycles. The van der Waals surface area contributed by atoms with Crippen molar-refractivity contribution in [3.8, 4) is 0 Å². The molecule has 0 radical (unpaired) electrons. The van der Waals surface area contributed by atoms with Gasteiger partial charge in [0.15, 0.2) is 0 Å². The maximum absolute atomic E-state index is 4.76. The summed E-state index contributed by atoms with van der Waals surface area (Å²) in [7, 11) is 1.98. The Morgan fingerprint density at radius 3 is 2.63 bits per heavy atom. The van der Waals surface area contributed by atoms with Crippen LogP contribution in [0.1, 0.15) is 50.8 Å². The van der Waals surface area contributed by atoms with Crippen molar-refractivity contribution >= 4 is 16.6 Å². The number of unbranched alkanes of at least 4 members (excludes halogenated alkanes) is 1. The second-order valence-corrected chi connectivity index (χ2v) is 5.45. The highest BCUT2D eigenvalue weighted by atomic mass is 14.8. The summed E-state index contributed by atoms with van der Waals surface area (Å²) in [6, 6.07) is 8.84. The van der Waals surface area contributed by atoms with Gasteiger partial charge in [0, 0.05) is 23.8 Å². The first-order valence-corrected chi connectivity index (χ1v) is 7.27. The van der Waals surface area contributed by atoms with Crippen molar-refractivity contribution in [3.63, 3.8) is 0 Å². The highest BCUT2D eigenvalue weighted by Gasteiger charge is 2.08. The van der Waals surface area contributed by atoms with Crippen LogP contribution in [0.2, 0.25) is 0 Å². The van der Waals surface area contributed by atoms with Gasteiger partial charge < -0.3 is 5.32 Å². The Labute approximate surface area is 116 Å². The van der Waals surface area contributed by atoms with Crippen molar-refractivity contribution in [2.24, 2.45) is 0 Å². The summed E-state index contributed by atoms with van der Waals surface area (Å²) in [6.45, 7) is 6.60. The van der Waals surface area contributed by atoms with Crippen LogP contribution in [0, 0.1) is 0 Å². The molecule has 1 N–H and O–H groups in total. The highest BCUT2D eigenvalue weighted by molar-refractivity contribution is 5.92. The van der Waals surface area contributed by atoms with Crippen molar-refractivity contribution < 1.29 is 0 Å². The molecule has 0 unspecified atom stereocenters. The van der Waals surface area contributed by atoms with Gasteiger partial charge in [0.2, 0.25) is 0 Å². The molecule has 0 saturated carbocycles. The number of aromatic nitrogens is 1. The maximum atomic E-state index is 4.76. The van der Waals surface area contributed by atoms with Gasteiger partial charge in [0.25, 0.3) is 0 Å². The number of pyridine rings is 1. The lowest BCUT2D eigenvalue weighted by atomic mass is 10.0. The first-order chi connectivity index (χ1) is 9.15. The second-order valence-electron chi connectivity index (χ2n) is 5.45. The summed E-state index contributed by atoms with van der Waals surface area (Å²) in [6.07, 6.45) is 3.64. The second kappa shape index (κ2) is 6.05. The molecule has 0 aliphatic rings. The molecule has 0 atom stereocenters. The zero-order valence-electron chi connectivity index (χ0n) is 12.5. The molecule has 1 aromatic carbocycles. The number of hydrogen-bond donors (Lipinski definition) is 1. The van der Waals surface area contributed by atoms with Crippen LogP contribution in [-0.4, -0.2) is 12.0 Å². The normalized spacial score (nSPS) is 11.2. The molecule has 2 aromatic rings. The molecule has 0 fully saturated rings. The summed E-state index contributed by atoms with van der Waals surface area (Å²) in [4.78, 5) is 4.76. The summed E-state index contributed by atoms with van der Waals surface area (Å²) < 4.78 is 0. The number of aryl methyl sites for hydroxylation is 1. The lowest BCUT2D eigenvalue weighted by molar-refractivity contribution is 0.795. The van der Waals surface area contributed by atoms with Gasteiger partial charge in [-0.15, -0.1) is 0 Å². The first kappa shape index (κ1) is 13.9. The molecule has 0 spiro atoms. The molecule has 0 aliphatic heterocycles. The molecular formula is C17H24N2. The van der Waals surface area contributed by atoms with Crippen molar-refractivity contribution in [2.75, 3.05) is 12.4 Å². The monoisotopic (exact) mass is 256 g/mol. The third-order valence-electron chi connectivity index (χ3n) is 3.57. The van der Waals surface area contributed by atoms with Gasteiger partial charge in [-0.3, -0.25) is 4.98 Å². The Morgan fingerprint density at radius 1 is 1.21 bits per heavy atom. The number of hydrogen-bond acceptors (Lipinski definition) is 2. The van der Waals surface area contributed by atoms with Crippen LogP contribution in [-0.2, 0) is 6.42 Å². The van der Waals surface area contributed by atoms with E-state index in [0.717, 1.165) is 17.6 Å². The smallest absolute Gasteiger partial charge is 0.0726 e. The largest absolute Gasteiger partial charge is 0.388 e. The molecule has 102 valence electrons. The van der Waals surface area contributed by atoms with Crippen LogP contribution in [0.25, 0.3) is 10.9 Å². The quantitative estimate of drug-likeness (QED) is 0.835. The lowest BCUT2D eigenvalue weighted by Gasteiger charge is -2.12. The van der Waals surface area contributed by atoms with E-state index in [9.17, 15) is 0 Å². The number of nitrogens with one attached hydrogen (secondary N) is 1. The van der Waals surface area contributed by atoms with Gasteiger partial charge >= 0.3 is 0 Å². The van der Waals surface area contributed by atoms with Crippen LogP contribution >= 0.6 is 0 Å². The predicted octanol–water partition coefficient (Wildman–Crippen LogP) is 4.74. The van der Waals surface area contributed by atoms with Crippen LogP contribution in [0.3, 0.4) is 0 Å². The summed E-state index contributed by atoms with van der Waals surface area (Å²) in [5.41, 5.74) is 4.84. The molecule has 2 nitrogen and oxygen atoms in total. The van der Waals surface area contributed by atoms with E-state index in [4.69, 9.17) is 4.98 Å². The zero-order chi connectivity index (χ0) is 13.8. The first-order valence-electron chi connectivity index (χ1n) is 7.27. The minimum atomic E-state index is 0.455. The van der Waals surface area contributed by atoms with E-state index < -0.39 is 0 Å². The van der Waals surface area contributed by atoms with Crippen molar-refractivity contribution in [3.05, 3.63) is 35.5 Å². The predicted molar refractivity (Wildman–Crippen MR) is 84.0 cm³/mol. The fourth-order valence-electron chi connectivity index (χ4n) is 2.33. The van der Waals surface area contributed by atoms with Gasteiger partial charge in [-0.05, 0) is 42.5 Å². The number of fused-ring (bicyclic) bond motifs is 1. The topological polar surface area (TPSA) is 24.9 Å².